The van der Waals surface area contributed by atoms with Crippen molar-refractivity contribution in [3.8, 4) is 0 Å². The van der Waals surface area contributed by atoms with E-state index in [2.05, 4.69) is 5.10 Å². The van der Waals surface area contributed by atoms with Crippen molar-refractivity contribution in [1.82, 2.24) is 14.7 Å². The van der Waals surface area contributed by atoms with E-state index in [1.807, 2.05) is 45.3 Å². The fourth-order valence-corrected chi connectivity index (χ4v) is 2.91. The summed E-state index contributed by atoms with van der Waals surface area (Å²) in [6, 6.07) is 5.98. The fourth-order valence-electron chi connectivity index (χ4n) is 2.91. The van der Waals surface area contributed by atoms with Gasteiger partial charge in [0.15, 0.2) is 5.76 Å². The van der Waals surface area contributed by atoms with E-state index in [9.17, 15) is 4.79 Å². The number of amides is 1. The van der Waals surface area contributed by atoms with Gasteiger partial charge in [0.1, 0.15) is 5.58 Å². The van der Waals surface area contributed by atoms with Crippen LogP contribution < -0.4 is 0 Å². The Bertz CT molecular complexity index is 895. The fraction of sp³-hybridized carbons (Fsp3) is 0.368. The first-order chi connectivity index (χ1) is 12.0. The number of nitrogens with zero attached hydrogens (tertiary/aromatic N) is 3. The van der Waals surface area contributed by atoms with Crippen LogP contribution in [0.3, 0.4) is 0 Å². The first-order valence-electron chi connectivity index (χ1n) is 8.25. The van der Waals surface area contributed by atoms with E-state index >= 15 is 0 Å². The molecule has 0 saturated carbocycles. The average molecular weight is 341 g/mol. The summed E-state index contributed by atoms with van der Waals surface area (Å²) in [7, 11) is 3.48. The molecule has 0 unspecified atom stereocenters. The van der Waals surface area contributed by atoms with Crippen LogP contribution in [0.25, 0.3) is 11.0 Å². The number of hydrogen-bond donors (Lipinski definition) is 0. The lowest BCUT2D eigenvalue weighted by molar-refractivity contribution is 0.0650. The van der Waals surface area contributed by atoms with Gasteiger partial charge in [0, 0.05) is 50.0 Å². The molecule has 3 aromatic rings. The zero-order valence-electron chi connectivity index (χ0n) is 15.1. The van der Waals surface area contributed by atoms with Crippen LogP contribution in [-0.4, -0.2) is 40.8 Å². The van der Waals surface area contributed by atoms with E-state index in [0.29, 0.717) is 25.5 Å². The molecule has 0 atom stereocenters. The summed E-state index contributed by atoms with van der Waals surface area (Å²) in [6.07, 6.45) is 3.67. The van der Waals surface area contributed by atoms with E-state index in [0.717, 1.165) is 27.7 Å². The quantitative estimate of drug-likeness (QED) is 0.691. The van der Waals surface area contributed by atoms with Gasteiger partial charge in [0.2, 0.25) is 0 Å². The summed E-state index contributed by atoms with van der Waals surface area (Å²) >= 11 is 0. The van der Waals surface area contributed by atoms with Gasteiger partial charge in [-0.1, -0.05) is 12.1 Å². The summed E-state index contributed by atoms with van der Waals surface area (Å²) in [6.45, 7) is 5.34. The molecule has 1 amide bonds. The molecule has 3 rings (SSSR count). The number of rotatable bonds is 6. The van der Waals surface area contributed by atoms with Crippen molar-refractivity contribution in [2.24, 2.45) is 7.05 Å². The Morgan fingerprint density at radius 2 is 2.16 bits per heavy atom. The largest absolute Gasteiger partial charge is 0.451 e. The monoisotopic (exact) mass is 341 g/mol. The van der Waals surface area contributed by atoms with Gasteiger partial charge in [0.05, 0.1) is 12.8 Å². The number of furan rings is 1. The minimum Gasteiger partial charge on any atom is -0.451 e. The summed E-state index contributed by atoms with van der Waals surface area (Å²) in [5, 5.41) is 5.14. The lowest BCUT2D eigenvalue weighted by Gasteiger charge is -2.21. The number of hydrogen-bond acceptors (Lipinski definition) is 4. The van der Waals surface area contributed by atoms with Crippen LogP contribution in [0.4, 0.5) is 0 Å². The van der Waals surface area contributed by atoms with E-state index in [1.54, 1.807) is 22.9 Å². The zero-order chi connectivity index (χ0) is 18.0. The summed E-state index contributed by atoms with van der Waals surface area (Å²) in [5.74, 6) is 0.257. The zero-order valence-corrected chi connectivity index (χ0v) is 15.1. The number of fused-ring (bicyclic) bond motifs is 1. The van der Waals surface area contributed by atoms with Gasteiger partial charge in [-0.3, -0.25) is 9.48 Å². The predicted octanol–water partition coefficient (Wildman–Crippen LogP) is 3.07. The molecule has 0 spiro atoms. The third-order valence-electron chi connectivity index (χ3n) is 4.27. The molecular formula is C19H23N3O3. The average Bonchev–Trinajstić information content (AvgIpc) is 3.14. The summed E-state index contributed by atoms with van der Waals surface area (Å²) < 4.78 is 12.8. The Labute approximate surface area is 147 Å². The molecule has 2 heterocycles. The molecule has 1 aromatic carbocycles. The number of methoxy groups -OCH3 is 1. The molecule has 0 aliphatic carbocycles. The third kappa shape index (κ3) is 3.58. The number of benzene rings is 1. The van der Waals surface area contributed by atoms with Crippen molar-refractivity contribution in [3.05, 3.63) is 53.0 Å². The number of carbonyl (C=O) groups excluding carboxylic acids is 1. The van der Waals surface area contributed by atoms with Crippen molar-refractivity contribution in [2.45, 2.75) is 20.4 Å². The van der Waals surface area contributed by atoms with Crippen LogP contribution in [0.5, 0.6) is 0 Å². The van der Waals surface area contributed by atoms with Crippen LogP contribution in [0.15, 0.2) is 35.0 Å². The van der Waals surface area contributed by atoms with Gasteiger partial charge < -0.3 is 14.1 Å². The van der Waals surface area contributed by atoms with E-state index in [-0.39, 0.29) is 5.91 Å². The van der Waals surface area contributed by atoms with Crippen LogP contribution in [-0.2, 0) is 18.3 Å². The number of carbonyl (C=O) groups is 1. The van der Waals surface area contributed by atoms with E-state index in [1.165, 1.54) is 0 Å². The van der Waals surface area contributed by atoms with Gasteiger partial charge in [-0.05, 0) is 25.5 Å². The number of ether oxygens (including phenoxy) is 1. The van der Waals surface area contributed by atoms with Crippen molar-refractivity contribution in [2.75, 3.05) is 20.3 Å². The minimum atomic E-state index is -0.132. The molecule has 0 fully saturated rings. The van der Waals surface area contributed by atoms with Crippen molar-refractivity contribution >= 4 is 16.9 Å². The van der Waals surface area contributed by atoms with Gasteiger partial charge >= 0.3 is 0 Å². The molecule has 6 heteroatoms. The molecule has 0 aliphatic rings. The van der Waals surface area contributed by atoms with Gasteiger partial charge in [0.25, 0.3) is 5.91 Å². The molecule has 6 nitrogen and oxygen atoms in total. The van der Waals surface area contributed by atoms with Crippen molar-refractivity contribution in [1.29, 1.82) is 0 Å². The second-order valence-electron chi connectivity index (χ2n) is 6.30. The van der Waals surface area contributed by atoms with Gasteiger partial charge in [-0.15, -0.1) is 0 Å². The van der Waals surface area contributed by atoms with Crippen molar-refractivity contribution < 1.29 is 13.9 Å². The minimum absolute atomic E-state index is 0.132. The molecule has 0 bridgehead atoms. The molecule has 0 aliphatic heterocycles. The van der Waals surface area contributed by atoms with E-state index < -0.39 is 0 Å². The van der Waals surface area contributed by atoms with Crippen LogP contribution in [0.2, 0.25) is 0 Å². The first kappa shape index (κ1) is 17.2. The number of aromatic nitrogens is 2. The standard InChI is InChI=1S/C19H23N3O3/c1-13-5-6-16-14(2)18(25-17(16)9-13)19(23)22(7-8-24-4)12-15-10-20-21(3)11-15/h5-6,9-11H,7-8,12H2,1-4H3. The topological polar surface area (TPSA) is 60.5 Å². The maximum Gasteiger partial charge on any atom is 0.290 e. The normalized spacial score (nSPS) is 11.2. The molecule has 132 valence electrons. The Morgan fingerprint density at radius 3 is 2.84 bits per heavy atom. The smallest absolute Gasteiger partial charge is 0.290 e. The molecular weight excluding hydrogens is 318 g/mol. The Kier molecular flexibility index (Phi) is 4.90. The second-order valence-corrected chi connectivity index (χ2v) is 6.30. The molecule has 25 heavy (non-hydrogen) atoms. The molecule has 0 radical (unpaired) electrons. The Balaban J connectivity index is 1.92. The Hall–Kier alpha value is -2.60. The molecule has 2 aromatic heterocycles. The lowest BCUT2D eigenvalue weighted by Crippen LogP contribution is -2.33. The van der Waals surface area contributed by atoms with Crippen molar-refractivity contribution in [3.63, 3.8) is 0 Å². The summed E-state index contributed by atoms with van der Waals surface area (Å²) in [4.78, 5) is 14.8. The predicted molar refractivity (Wildman–Crippen MR) is 95.5 cm³/mol. The van der Waals surface area contributed by atoms with Crippen LogP contribution in [0, 0.1) is 13.8 Å². The lowest BCUT2D eigenvalue weighted by atomic mass is 10.1. The second kappa shape index (κ2) is 7.11. The highest BCUT2D eigenvalue weighted by atomic mass is 16.5. The first-order valence-corrected chi connectivity index (χ1v) is 8.25. The SMILES string of the molecule is COCCN(Cc1cnn(C)c1)C(=O)c1oc2cc(C)ccc2c1C. The Morgan fingerprint density at radius 1 is 1.36 bits per heavy atom. The van der Waals surface area contributed by atoms with E-state index in [4.69, 9.17) is 9.15 Å². The highest BCUT2D eigenvalue weighted by molar-refractivity contribution is 5.99. The maximum absolute atomic E-state index is 13.1. The van der Waals surface area contributed by atoms with Crippen LogP contribution in [0.1, 0.15) is 27.2 Å². The highest BCUT2D eigenvalue weighted by Gasteiger charge is 2.23. The molecule has 0 saturated heterocycles. The van der Waals surface area contributed by atoms with Gasteiger partial charge in [-0.2, -0.15) is 5.10 Å². The highest BCUT2D eigenvalue weighted by Crippen LogP contribution is 2.27. The maximum atomic E-state index is 13.1. The molecule has 0 N–H and O–H groups in total. The summed E-state index contributed by atoms with van der Waals surface area (Å²) in [5.41, 5.74) is 3.69. The third-order valence-corrected chi connectivity index (χ3v) is 4.27. The van der Waals surface area contributed by atoms with Gasteiger partial charge in [-0.25, -0.2) is 0 Å². The number of aryl methyl sites for hydroxylation is 3. The van der Waals surface area contributed by atoms with Crippen LogP contribution >= 0.6 is 0 Å².